The maximum Gasteiger partial charge on any atom is 0.269 e. The number of rotatable bonds is 5. The second-order valence-corrected chi connectivity index (χ2v) is 6.55. The number of para-hydroxylation sites is 1. The molecule has 0 fully saturated rings. The third-order valence-corrected chi connectivity index (χ3v) is 4.60. The van der Waals surface area contributed by atoms with Gasteiger partial charge < -0.3 is 9.15 Å². The molecule has 0 amide bonds. The second kappa shape index (κ2) is 8.50. The average Bonchev–Trinajstić information content (AvgIpc) is 2.99. The molecule has 0 spiro atoms. The van der Waals surface area contributed by atoms with Gasteiger partial charge in [-0.3, -0.25) is 20.3 Å². The van der Waals surface area contributed by atoms with E-state index in [1.165, 1.54) is 18.2 Å². The van der Waals surface area contributed by atoms with Crippen molar-refractivity contribution < 1.29 is 14.1 Å². The zero-order valence-corrected chi connectivity index (χ0v) is 16.4. The second-order valence-electron chi connectivity index (χ2n) is 6.55. The van der Waals surface area contributed by atoms with Crippen LogP contribution in [0.15, 0.2) is 93.2 Å². The van der Waals surface area contributed by atoms with E-state index < -0.39 is 4.92 Å². The summed E-state index contributed by atoms with van der Waals surface area (Å²) in [6.45, 7) is 0. The quantitative estimate of drug-likeness (QED) is 0.385. The molecule has 8 heteroatoms. The van der Waals surface area contributed by atoms with E-state index in [0.29, 0.717) is 33.5 Å². The van der Waals surface area contributed by atoms with Crippen molar-refractivity contribution in [2.24, 2.45) is 5.10 Å². The van der Waals surface area contributed by atoms with Gasteiger partial charge in [-0.1, -0.05) is 24.3 Å². The van der Waals surface area contributed by atoms with Gasteiger partial charge in [0.25, 0.3) is 5.69 Å². The van der Waals surface area contributed by atoms with Gasteiger partial charge in [0.2, 0.25) is 5.43 Å². The molecule has 3 aromatic carbocycles. The third-order valence-electron chi connectivity index (χ3n) is 4.60. The van der Waals surface area contributed by atoms with Gasteiger partial charge >= 0.3 is 0 Å². The SMILES string of the molecule is COc1ccccc1-c1c/c(=N\Nc2ccc([N+](=O)[O-])cc2)c2ccccc(=O)c2o1. The molecule has 0 saturated heterocycles. The summed E-state index contributed by atoms with van der Waals surface area (Å²) >= 11 is 0. The number of anilines is 1. The number of nitrogens with zero attached hydrogens (tertiary/aromatic N) is 2. The van der Waals surface area contributed by atoms with Crippen LogP contribution in [0.3, 0.4) is 0 Å². The van der Waals surface area contributed by atoms with Crippen LogP contribution in [0, 0.1) is 10.1 Å². The normalized spacial score (nSPS) is 11.3. The molecule has 0 unspecified atom stereocenters. The fourth-order valence-corrected chi connectivity index (χ4v) is 3.08. The van der Waals surface area contributed by atoms with Crippen molar-refractivity contribution in [2.75, 3.05) is 12.5 Å². The van der Waals surface area contributed by atoms with Gasteiger partial charge in [0, 0.05) is 23.6 Å². The van der Waals surface area contributed by atoms with Crippen molar-refractivity contribution in [3.63, 3.8) is 0 Å². The van der Waals surface area contributed by atoms with Crippen LogP contribution in [-0.2, 0) is 0 Å². The van der Waals surface area contributed by atoms with Gasteiger partial charge in [-0.2, -0.15) is 5.10 Å². The Balaban J connectivity index is 1.90. The van der Waals surface area contributed by atoms with E-state index in [2.05, 4.69) is 10.5 Å². The summed E-state index contributed by atoms with van der Waals surface area (Å²) < 4.78 is 11.4. The number of nitrogens with one attached hydrogen (secondary N) is 1. The Kier molecular flexibility index (Phi) is 5.44. The molecule has 4 aromatic rings. The largest absolute Gasteiger partial charge is 0.496 e. The number of non-ortho nitro benzene ring substituents is 1. The number of ether oxygens (including phenoxy) is 1. The highest BCUT2D eigenvalue weighted by atomic mass is 16.6. The first-order chi connectivity index (χ1) is 15.1. The van der Waals surface area contributed by atoms with E-state index in [-0.39, 0.29) is 16.7 Å². The lowest BCUT2D eigenvalue weighted by atomic mass is 10.1. The van der Waals surface area contributed by atoms with Gasteiger partial charge in [0.05, 0.1) is 28.6 Å². The summed E-state index contributed by atoms with van der Waals surface area (Å²) in [7, 11) is 1.56. The Morgan fingerprint density at radius 3 is 2.45 bits per heavy atom. The molecule has 31 heavy (non-hydrogen) atoms. The van der Waals surface area contributed by atoms with Gasteiger partial charge in [-0.05, 0) is 36.4 Å². The van der Waals surface area contributed by atoms with Crippen molar-refractivity contribution in [3.05, 3.63) is 105 Å². The average molecular weight is 415 g/mol. The van der Waals surface area contributed by atoms with Crippen molar-refractivity contribution >= 4 is 22.3 Å². The Labute approximate surface area is 176 Å². The molecule has 8 nitrogen and oxygen atoms in total. The van der Waals surface area contributed by atoms with Crippen molar-refractivity contribution in [3.8, 4) is 17.1 Å². The lowest BCUT2D eigenvalue weighted by Crippen LogP contribution is -2.10. The summed E-state index contributed by atoms with van der Waals surface area (Å²) in [5.41, 5.74) is 3.96. The van der Waals surface area contributed by atoms with E-state index in [1.54, 1.807) is 49.6 Å². The number of fused-ring (bicyclic) bond motifs is 1. The summed E-state index contributed by atoms with van der Waals surface area (Å²) in [4.78, 5) is 23.0. The zero-order valence-electron chi connectivity index (χ0n) is 16.4. The number of benzene rings is 2. The highest BCUT2D eigenvalue weighted by molar-refractivity contribution is 5.78. The Morgan fingerprint density at radius 2 is 1.71 bits per heavy atom. The number of nitro benzene ring substituents is 1. The number of nitro groups is 1. The van der Waals surface area contributed by atoms with Gasteiger partial charge in [-0.25, -0.2) is 0 Å². The first-order valence-electron chi connectivity index (χ1n) is 9.31. The van der Waals surface area contributed by atoms with E-state index >= 15 is 0 Å². The molecule has 154 valence electrons. The van der Waals surface area contributed by atoms with Gasteiger partial charge in [0.15, 0.2) is 5.58 Å². The first kappa shape index (κ1) is 19.8. The zero-order chi connectivity index (χ0) is 21.8. The number of hydrogen-bond donors (Lipinski definition) is 1. The summed E-state index contributed by atoms with van der Waals surface area (Å²) in [6.07, 6.45) is 0. The van der Waals surface area contributed by atoms with Crippen LogP contribution in [0.25, 0.3) is 22.3 Å². The molecule has 0 aliphatic carbocycles. The van der Waals surface area contributed by atoms with Crippen LogP contribution in [0.2, 0.25) is 0 Å². The Bertz CT molecular complexity index is 1400. The molecular formula is C23H17N3O5. The minimum absolute atomic E-state index is 0.0176. The highest BCUT2D eigenvalue weighted by Crippen LogP contribution is 2.29. The van der Waals surface area contributed by atoms with Crippen LogP contribution in [0.1, 0.15) is 0 Å². The number of hydrogen-bond acceptors (Lipinski definition) is 7. The highest BCUT2D eigenvalue weighted by Gasteiger charge is 2.12. The first-order valence-corrected chi connectivity index (χ1v) is 9.31. The third kappa shape index (κ3) is 4.13. The van der Waals surface area contributed by atoms with Crippen LogP contribution in [-0.4, -0.2) is 12.0 Å². The minimum Gasteiger partial charge on any atom is -0.496 e. The van der Waals surface area contributed by atoms with Gasteiger partial charge in [0.1, 0.15) is 11.5 Å². The fraction of sp³-hybridized carbons (Fsp3) is 0.0435. The molecular weight excluding hydrogens is 398 g/mol. The van der Waals surface area contributed by atoms with Crippen molar-refractivity contribution in [2.45, 2.75) is 0 Å². The molecule has 0 atom stereocenters. The molecule has 0 aliphatic rings. The van der Waals surface area contributed by atoms with Crippen LogP contribution in [0.5, 0.6) is 5.75 Å². The fourth-order valence-electron chi connectivity index (χ4n) is 3.08. The van der Waals surface area contributed by atoms with Gasteiger partial charge in [-0.15, -0.1) is 0 Å². The van der Waals surface area contributed by atoms with Crippen LogP contribution in [0.4, 0.5) is 11.4 Å². The maximum atomic E-state index is 12.6. The molecule has 0 saturated carbocycles. The van der Waals surface area contributed by atoms with Crippen molar-refractivity contribution in [1.29, 1.82) is 0 Å². The van der Waals surface area contributed by atoms with Crippen LogP contribution < -0.4 is 20.9 Å². The van der Waals surface area contributed by atoms with E-state index in [1.807, 2.05) is 18.2 Å². The molecule has 0 bridgehead atoms. The lowest BCUT2D eigenvalue weighted by molar-refractivity contribution is -0.384. The predicted octanol–water partition coefficient (Wildman–Crippen LogP) is 4.30. The Hall–Kier alpha value is -4.46. The summed E-state index contributed by atoms with van der Waals surface area (Å²) in [6, 6.07) is 21.4. The van der Waals surface area contributed by atoms with Crippen LogP contribution >= 0.6 is 0 Å². The predicted molar refractivity (Wildman–Crippen MR) is 117 cm³/mol. The molecule has 0 aliphatic heterocycles. The minimum atomic E-state index is -0.470. The smallest absolute Gasteiger partial charge is 0.269 e. The van der Waals surface area contributed by atoms with Crippen molar-refractivity contribution in [1.82, 2.24) is 0 Å². The Morgan fingerprint density at radius 1 is 1.00 bits per heavy atom. The lowest BCUT2D eigenvalue weighted by Gasteiger charge is -2.08. The molecule has 0 radical (unpaired) electrons. The maximum absolute atomic E-state index is 12.6. The number of methoxy groups -OCH3 is 1. The standard InChI is InChI=1S/C23H17N3O5/c1-30-21-9-5-3-7-18(21)22-14-19(17-6-2-4-8-20(27)23(17)31-22)25-24-15-10-12-16(13-11-15)26(28)29/h2-14,24H,1H3/b25-19+. The summed E-state index contributed by atoms with van der Waals surface area (Å²) in [5.74, 6) is 1.00. The molecule has 4 rings (SSSR count). The summed E-state index contributed by atoms with van der Waals surface area (Å²) in [5, 5.41) is 16.2. The topological polar surface area (TPSA) is 107 Å². The van der Waals surface area contributed by atoms with E-state index in [9.17, 15) is 14.9 Å². The molecule has 1 aromatic heterocycles. The monoisotopic (exact) mass is 415 g/mol. The van der Waals surface area contributed by atoms with E-state index in [4.69, 9.17) is 9.15 Å². The van der Waals surface area contributed by atoms with E-state index in [0.717, 1.165) is 0 Å². The molecule has 1 heterocycles. The molecule has 1 N–H and O–H groups in total.